The van der Waals surface area contributed by atoms with Crippen LogP contribution in [0.1, 0.15) is 0 Å². The molecule has 5 heteroatoms. The second kappa shape index (κ2) is 8.30. The van der Waals surface area contributed by atoms with Crippen molar-refractivity contribution in [1.82, 2.24) is 23.5 Å². The quantitative estimate of drug-likeness (QED) is 0.202. The largest absolute Gasteiger partial charge is 0.307 e. The lowest BCUT2D eigenvalue weighted by molar-refractivity contribution is 1.15. The second-order valence-electron chi connectivity index (χ2n) is 11.1. The van der Waals surface area contributed by atoms with E-state index < -0.39 is 0 Å². The SMILES string of the molecule is c1ccc(-n2c3ccccc3c3ccc4c5ccc6c(c7ccncc7c7nccn67)c5n(-c5ccccc5)c4c32)cc1. The van der Waals surface area contributed by atoms with Gasteiger partial charge >= 0.3 is 0 Å². The van der Waals surface area contributed by atoms with Gasteiger partial charge in [-0.3, -0.25) is 9.38 Å². The molecule has 0 saturated carbocycles. The van der Waals surface area contributed by atoms with Crippen molar-refractivity contribution in [3.8, 4) is 11.4 Å². The molecule has 200 valence electrons. The Kier molecular flexibility index (Phi) is 4.39. The Hall–Kier alpha value is -5.94. The molecule has 0 aliphatic heterocycles. The molecule has 0 bridgehead atoms. The van der Waals surface area contributed by atoms with E-state index in [1.165, 1.54) is 49.0 Å². The number of hydrogen-bond acceptors (Lipinski definition) is 2. The molecule has 0 radical (unpaired) electrons. The van der Waals surface area contributed by atoms with Crippen molar-refractivity contribution in [3.63, 3.8) is 0 Å². The lowest BCUT2D eigenvalue weighted by atomic mass is 10.0. The van der Waals surface area contributed by atoms with E-state index in [0.717, 1.165) is 33.3 Å². The molecule has 5 heterocycles. The number of fused-ring (bicyclic) bond motifs is 14. The zero-order chi connectivity index (χ0) is 28.1. The molecule has 0 spiro atoms. The van der Waals surface area contributed by atoms with E-state index in [2.05, 4.69) is 140 Å². The first-order valence-corrected chi connectivity index (χ1v) is 14.5. The number of hydrogen-bond donors (Lipinski definition) is 0. The maximum Gasteiger partial charge on any atom is 0.146 e. The van der Waals surface area contributed by atoms with E-state index >= 15 is 0 Å². The van der Waals surface area contributed by atoms with Crippen LogP contribution in [0.25, 0.3) is 82.3 Å². The van der Waals surface area contributed by atoms with Crippen LogP contribution in [0.2, 0.25) is 0 Å². The van der Waals surface area contributed by atoms with Crippen LogP contribution in [-0.2, 0) is 0 Å². The summed E-state index contributed by atoms with van der Waals surface area (Å²) < 4.78 is 7.11. The third-order valence-electron chi connectivity index (χ3n) is 8.96. The fourth-order valence-corrected chi connectivity index (χ4v) is 7.26. The average Bonchev–Trinajstić information content (AvgIpc) is 3.78. The van der Waals surface area contributed by atoms with Crippen LogP contribution >= 0.6 is 0 Å². The van der Waals surface area contributed by atoms with E-state index in [0.29, 0.717) is 0 Å². The summed E-state index contributed by atoms with van der Waals surface area (Å²) in [4.78, 5) is 9.22. The number of pyridine rings is 2. The van der Waals surface area contributed by atoms with Gasteiger partial charge < -0.3 is 9.13 Å². The predicted molar refractivity (Wildman–Crippen MR) is 177 cm³/mol. The maximum absolute atomic E-state index is 4.72. The zero-order valence-corrected chi connectivity index (χ0v) is 23.0. The van der Waals surface area contributed by atoms with Crippen LogP contribution in [0.5, 0.6) is 0 Å². The van der Waals surface area contributed by atoms with Crippen molar-refractivity contribution in [2.45, 2.75) is 0 Å². The molecule has 5 aromatic carbocycles. The van der Waals surface area contributed by atoms with Gasteiger partial charge in [0.1, 0.15) is 5.65 Å². The standard InChI is InChI=1S/C38H23N5/c1-3-9-24(10-4-1)42-32-14-8-7-13-26(32)28-15-16-30-29-17-18-33-34(27-19-20-39-23-31(27)38-40-21-22-41(33)38)35(29)43(37(30)36(28)42)25-11-5-2-6-12-25/h1-23H. The van der Waals surface area contributed by atoms with Gasteiger partial charge in [0.2, 0.25) is 0 Å². The minimum Gasteiger partial charge on any atom is -0.307 e. The lowest BCUT2D eigenvalue weighted by Gasteiger charge is -2.14. The highest BCUT2D eigenvalue weighted by Gasteiger charge is 2.23. The molecule has 0 saturated heterocycles. The van der Waals surface area contributed by atoms with Gasteiger partial charge in [-0.25, -0.2) is 4.98 Å². The van der Waals surface area contributed by atoms with Gasteiger partial charge in [0, 0.05) is 68.5 Å². The summed E-state index contributed by atoms with van der Waals surface area (Å²) in [5.74, 6) is 0. The van der Waals surface area contributed by atoms with Crippen molar-refractivity contribution in [2.75, 3.05) is 0 Å². The van der Waals surface area contributed by atoms with E-state index in [1.54, 1.807) is 0 Å². The highest BCUT2D eigenvalue weighted by atomic mass is 15.1. The molecular formula is C38H23N5. The molecule has 0 unspecified atom stereocenters. The van der Waals surface area contributed by atoms with E-state index in [9.17, 15) is 0 Å². The Bertz CT molecular complexity index is 2710. The summed E-state index contributed by atoms with van der Waals surface area (Å²) in [5, 5.41) is 8.31. The van der Waals surface area contributed by atoms with Crippen LogP contribution in [-0.4, -0.2) is 23.5 Å². The summed E-state index contributed by atoms with van der Waals surface area (Å²) in [6, 6.07) is 41.5. The van der Waals surface area contributed by atoms with Gasteiger partial charge in [0.05, 0.1) is 27.6 Å². The molecule has 0 amide bonds. The van der Waals surface area contributed by atoms with Crippen molar-refractivity contribution in [3.05, 3.63) is 140 Å². The first-order chi connectivity index (χ1) is 21.4. The summed E-state index contributed by atoms with van der Waals surface area (Å²) >= 11 is 0. The Morgan fingerprint density at radius 1 is 0.442 bits per heavy atom. The Morgan fingerprint density at radius 2 is 1.09 bits per heavy atom. The molecule has 43 heavy (non-hydrogen) atoms. The van der Waals surface area contributed by atoms with Gasteiger partial charge in [0.25, 0.3) is 0 Å². The third kappa shape index (κ3) is 2.90. The minimum atomic E-state index is 0.920. The molecule has 10 aromatic rings. The van der Waals surface area contributed by atoms with Crippen LogP contribution in [0.15, 0.2) is 140 Å². The normalized spacial score (nSPS) is 12.2. The molecule has 0 N–H and O–H groups in total. The Balaban J connectivity index is 1.55. The summed E-state index contributed by atoms with van der Waals surface area (Å²) in [6.45, 7) is 0. The first-order valence-electron chi connectivity index (χ1n) is 14.5. The number of aromatic nitrogens is 5. The number of nitrogens with zero attached hydrogens (tertiary/aromatic N) is 5. The molecule has 0 aliphatic carbocycles. The van der Waals surface area contributed by atoms with E-state index in [4.69, 9.17) is 4.98 Å². The monoisotopic (exact) mass is 549 g/mol. The number of para-hydroxylation sites is 3. The van der Waals surface area contributed by atoms with E-state index in [-0.39, 0.29) is 0 Å². The summed E-state index contributed by atoms with van der Waals surface area (Å²) in [6.07, 6.45) is 7.76. The third-order valence-corrected chi connectivity index (χ3v) is 8.96. The smallest absolute Gasteiger partial charge is 0.146 e. The highest BCUT2D eigenvalue weighted by Crippen LogP contribution is 2.44. The topological polar surface area (TPSA) is 40.1 Å². The van der Waals surface area contributed by atoms with Crippen LogP contribution < -0.4 is 0 Å². The fraction of sp³-hybridized carbons (Fsp3) is 0. The van der Waals surface area contributed by atoms with Gasteiger partial charge in [-0.05, 0) is 47.9 Å². The molecule has 0 fully saturated rings. The molecule has 0 aliphatic rings. The molecule has 5 nitrogen and oxygen atoms in total. The van der Waals surface area contributed by atoms with Gasteiger partial charge in [-0.2, -0.15) is 0 Å². The fourth-order valence-electron chi connectivity index (χ4n) is 7.26. The van der Waals surface area contributed by atoms with Crippen molar-refractivity contribution in [1.29, 1.82) is 0 Å². The zero-order valence-electron chi connectivity index (χ0n) is 23.0. The van der Waals surface area contributed by atoms with Gasteiger partial charge in [0.15, 0.2) is 0 Å². The van der Waals surface area contributed by atoms with Crippen LogP contribution in [0, 0.1) is 0 Å². The first kappa shape index (κ1) is 22.7. The second-order valence-corrected chi connectivity index (χ2v) is 11.1. The summed E-state index contributed by atoms with van der Waals surface area (Å²) in [7, 11) is 0. The number of benzene rings is 5. The van der Waals surface area contributed by atoms with Crippen LogP contribution in [0.3, 0.4) is 0 Å². The predicted octanol–water partition coefficient (Wildman–Crippen LogP) is 9.23. The molecule has 0 atom stereocenters. The van der Waals surface area contributed by atoms with Crippen LogP contribution in [0.4, 0.5) is 0 Å². The molecular weight excluding hydrogens is 526 g/mol. The summed E-state index contributed by atoms with van der Waals surface area (Å²) in [5.41, 5.74) is 9.09. The Morgan fingerprint density at radius 3 is 1.91 bits per heavy atom. The van der Waals surface area contributed by atoms with Crippen molar-refractivity contribution < 1.29 is 0 Å². The van der Waals surface area contributed by atoms with Gasteiger partial charge in [-0.15, -0.1) is 0 Å². The van der Waals surface area contributed by atoms with E-state index in [1.807, 2.05) is 18.6 Å². The maximum atomic E-state index is 4.72. The number of rotatable bonds is 2. The van der Waals surface area contributed by atoms with Crippen molar-refractivity contribution in [2.24, 2.45) is 0 Å². The Labute approximate surface area is 245 Å². The highest BCUT2D eigenvalue weighted by molar-refractivity contribution is 6.30. The molecule has 10 rings (SSSR count). The minimum absolute atomic E-state index is 0.920. The number of imidazole rings is 1. The molecule has 5 aromatic heterocycles. The van der Waals surface area contributed by atoms with Crippen molar-refractivity contribution >= 4 is 70.9 Å². The van der Waals surface area contributed by atoms with Gasteiger partial charge in [-0.1, -0.05) is 72.8 Å². The average molecular weight is 550 g/mol. The lowest BCUT2D eigenvalue weighted by Crippen LogP contribution is -1.99.